The topological polar surface area (TPSA) is 0 Å². The van der Waals surface area contributed by atoms with Gasteiger partial charge in [0.15, 0.2) is 0 Å². The van der Waals surface area contributed by atoms with Crippen molar-refractivity contribution in [2.75, 3.05) is 0 Å². The quantitative estimate of drug-likeness (QED) is 0.316. The first-order valence-corrected chi connectivity index (χ1v) is 9.32. The van der Waals surface area contributed by atoms with Gasteiger partial charge in [-0.25, -0.2) is 0 Å². The Morgan fingerprint density at radius 3 is 1.00 bits per heavy atom. The highest BCUT2D eigenvalue weighted by Crippen LogP contribution is 2.19. The number of unbranched alkanes of at least 4 members (excludes halogenated alkanes) is 9. The Hall–Kier alpha value is 1.01. The van der Waals surface area contributed by atoms with Gasteiger partial charge in [0.25, 0.3) is 0 Å². The van der Waals surface area contributed by atoms with Gasteiger partial charge in [-0.3, -0.25) is 0 Å². The molecule has 0 heterocycles. The summed E-state index contributed by atoms with van der Waals surface area (Å²) in [6.07, 6.45) is 14.4. The molecule has 0 spiro atoms. The van der Waals surface area contributed by atoms with Crippen LogP contribution in [0.5, 0.6) is 0 Å². The summed E-state index contributed by atoms with van der Waals surface area (Å²) in [5.41, 5.74) is 0. The first-order valence-electron chi connectivity index (χ1n) is 6.29. The van der Waals surface area contributed by atoms with E-state index in [1.807, 2.05) is 0 Å². The zero-order valence-corrected chi connectivity index (χ0v) is 12.8. The first kappa shape index (κ1) is 18.4. The predicted molar refractivity (Wildman–Crippen MR) is 77.5 cm³/mol. The Morgan fingerprint density at radius 2 is 0.800 bits per heavy atom. The van der Waals surface area contributed by atoms with E-state index in [2.05, 4.69) is 13.8 Å². The molecule has 15 heavy (non-hydrogen) atoms. The van der Waals surface area contributed by atoms with Gasteiger partial charge < -0.3 is 0 Å². The summed E-state index contributed by atoms with van der Waals surface area (Å²) in [6, 6.07) is 0. The van der Waals surface area contributed by atoms with E-state index in [0.717, 1.165) is 0 Å². The minimum Gasteiger partial charge on any atom is -0.0818 e. The van der Waals surface area contributed by atoms with Gasteiger partial charge in [0.1, 0.15) is 0 Å². The maximum absolute atomic E-state index is 4.79. The summed E-state index contributed by atoms with van der Waals surface area (Å²) < 4.78 is 0. The molecule has 94 valence electrons. The summed E-state index contributed by atoms with van der Waals surface area (Å²) in [7, 11) is 0.0278. The molecule has 0 saturated carbocycles. The Kier molecular flexibility index (Phi) is 25.0. The zero-order valence-electron chi connectivity index (χ0n) is 10.3. The van der Waals surface area contributed by atoms with E-state index in [4.69, 9.17) is 22.5 Å². The molecule has 0 amide bonds. The molecule has 0 N–H and O–H groups in total. The molecule has 0 radical (unpaired) electrons. The average molecular weight is 273 g/mol. The fourth-order valence-corrected chi connectivity index (χ4v) is 1.56. The second-order valence-electron chi connectivity index (χ2n) is 3.90. The van der Waals surface area contributed by atoms with Gasteiger partial charge in [0.05, 0.1) is 7.29 Å². The largest absolute Gasteiger partial charge is 0.0818 e. The van der Waals surface area contributed by atoms with Gasteiger partial charge in [0.2, 0.25) is 0 Å². The summed E-state index contributed by atoms with van der Waals surface area (Å²) >= 11 is 9.58. The van der Waals surface area contributed by atoms with Crippen LogP contribution in [0.15, 0.2) is 0 Å². The number of halogens is 2. The van der Waals surface area contributed by atoms with Crippen molar-refractivity contribution in [3.05, 3.63) is 0 Å². The fourth-order valence-electron chi connectivity index (χ4n) is 1.56. The molecule has 0 aromatic rings. The van der Waals surface area contributed by atoms with Crippen molar-refractivity contribution in [3.8, 4) is 0 Å². The SMILES string of the molecule is CCCCCCCCCCCC.ClPCl. The highest BCUT2D eigenvalue weighted by molar-refractivity contribution is 7.90. The molecule has 0 saturated heterocycles. The van der Waals surface area contributed by atoms with Gasteiger partial charge in [-0.2, -0.15) is 0 Å². The minimum absolute atomic E-state index is 0.0278. The molecule has 3 heteroatoms. The number of rotatable bonds is 9. The van der Waals surface area contributed by atoms with Gasteiger partial charge >= 0.3 is 0 Å². The van der Waals surface area contributed by atoms with Crippen LogP contribution < -0.4 is 0 Å². The van der Waals surface area contributed by atoms with Crippen LogP contribution in [0.4, 0.5) is 0 Å². The molecule has 0 nitrogen and oxygen atoms in total. The molecular formula is C12H27Cl2P. The maximum Gasteiger partial charge on any atom is 0.0713 e. The molecule has 0 rings (SSSR count). The highest BCUT2D eigenvalue weighted by atomic mass is 35.9. The molecule has 0 atom stereocenters. The lowest BCUT2D eigenvalue weighted by atomic mass is 10.1. The summed E-state index contributed by atoms with van der Waals surface area (Å²) in [4.78, 5) is 0. The van der Waals surface area contributed by atoms with Gasteiger partial charge in [-0.05, 0) is 0 Å². The molecule has 0 aliphatic carbocycles. The van der Waals surface area contributed by atoms with Crippen molar-refractivity contribution in [2.24, 2.45) is 0 Å². The van der Waals surface area contributed by atoms with E-state index in [0.29, 0.717) is 0 Å². The number of hydrogen-bond donors (Lipinski definition) is 0. The molecular weight excluding hydrogens is 246 g/mol. The van der Waals surface area contributed by atoms with Crippen molar-refractivity contribution < 1.29 is 0 Å². The van der Waals surface area contributed by atoms with E-state index in [-0.39, 0.29) is 7.29 Å². The molecule has 0 aliphatic rings. The standard InChI is InChI=1S/C12H26.Cl2HP/c1-3-5-7-9-11-12-10-8-6-4-2;1-3-2/h3-12H2,1-2H3;3H. The second-order valence-corrected chi connectivity index (χ2v) is 5.76. The number of hydrogen-bond acceptors (Lipinski definition) is 0. The Bertz CT molecular complexity index is 79.7. The van der Waals surface area contributed by atoms with E-state index in [1.165, 1.54) is 64.2 Å². The van der Waals surface area contributed by atoms with E-state index < -0.39 is 0 Å². The lowest BCUT2D eigenvalue weighted by Gasteiger charge is -1.99. The van der Waals surface area contributed by atoms with Crippen LogP contribution >= 0.6 is 29.8 Å². The van der Waals surface area contributed by atoms with Crippen LogP contribution in [0.1, 0.15) is 78.1 Å². The summed E-state index contributed by atoms with van der Waals surface area (Å²) in [5, 5.41) is 0. The molecule has 0 aliphatic heterocycles. The molecule has 0 unspecified atom stereocenters. The molecule has 0 bridgehead atoms. The summed E-state index contributed by atoms with van der Waals surface area (Å²) in [5.74, 6) is 0. The normalized spacial score (nSPS) is 9.60. The van der Waals surface area contributed by atoms with E-state index >= 15 is 0 Å². The molecule has 0 fully saturated rings. The Balaban J connectivity index is 0. The third-order valence-corrected chi connectivity index (χ3v) is 2.46. The van der Waals surface area contributed by atoms with Gasteiger partial charge in [0, 0.05) is 0 Å². The van der Waals surface area contributed by atoms with Crippen molar-refractivity contribution in [2.45, 2.75) is 78.1 Å². The Morgan fingerprint density at radius 1 is 0.600 bits per heavy atom. The monoisotopic (exact) mass is 272 g/mol. The Labute approximate surface area is 108 Å². The fraction of sp³-hybridized carbons (Fsp3) is 1.00. The van der Waals surface area contributed by atoms with Crippen LogP contribution in [-0.4, -0.2) is 0 Å². The predicted octanol–water partition coefficient (Wildman–Crippen LogP) is 6.90. The van der Waals surface area contributed by atoms with Crippen molar-refractivity contribution in [3.63, 3.8) is 0 Å². The zero-order chi connectivity index (χ0) is 11.8. The first-order chi connectivity index (χ1) is 7.33. The lowest BCUT2D eigenvalue weighted by molar-refractivity contribution is 0.562. The van der Waals surface area contributed by atoms with Crippen molar-refractivity contribution in [1.82, 2.24) is 0 Å². The van der Waals surface area contributed by atoms with Crippen molar-refractivity contribution >= 4 is 29.8 Å². The summed E-state index contributed by atoms with van der Waals surface area (Å²) in [6.45, 7) is 4.56. The van der Waals surface area contributed by atoms with Gasteiger partial charge in [-0.15, -0.1) is 0 Å². The van der Waals surface area contributed by atoms with Gasteiger partial charge in [-0.1, -0.05) is 101 Å². The van der Waals surface area contributed by atoms with E-state index in [1.54, 1.807) is 0 Å². The average Bonchev–Trinajstić information content (AvgIpc) is 2.23. The smallest absolute Gasteiger partial charge is 0.0713 e. The van der Waals surface area contributed by atoms with Crippen LogP contribution in [0, 0.1) is 0 Å². The van der Waals surface area contributed by atoms with Crippen LogP contribution in [0.3, 0.4) is 0 Å². The van der Waals surface area contributed by atoms with Crippen LogP contribution in [0.2, 0.25) is 0 Å². The van der Waals surface area contributed by atoms with Crippen LogP contribution in [-0.2, 0) is 0 Å². The third-order valence-electron chi connectivity index (χ3n) is 2.46. The van der Waals surface area contributed by atoms with Crippen LogP contribution in [0.25, 0.3) is 0 Å². The van der Waals surface area contributed by atoms with E-state index in [9.17, 15) is 0 Å². The minimum atomic E-state index is 0.0278. The second kappa shape index (κ2) is 20.4. The highest BCUT2D eigenvalue weighted by Gasteiger charge is 1.90. The van der Waals surface area contributed by atoms with Crippen molar-refractivity contribution in [1.29, 1.82) is 0 Å². The lowest BCUT2D eigenvalue weighted by Crippen LogP contribution is -1.80. The maximum atomic E-state index is 4.79. The third kappa shape index (κ3) is 25.4. The molecule has 0 aromatic heterocycles. The molecule has 0 aromatic carbocycles.